The molecule has 2 rings (SSSR count). The van der Waals surface area contributed by atoms with Crippen LogP contribution in [0.3, 0.4) is 0 Å². The Morgan fingerprint density at radius 1 is 1.50 bits per heavy atom. The zero-order chi connectivity index (χ0) is 16.3. The molecule has 7 nitrogen and oxygen atoms in total. The second-order valence-electron chi connectivity index (χ2n) is 5.28. The normalized spacial score (nSPS) is 18.1. The van der Waals surface area contributed by atoms with E-state index in [1.54, 1.807) is 6.07 Å². The van der Waals surface area contributed by atoms with Crippen LogP contribution in [0.2, 0.25) is 0 Å². The second-order valence-corrected chi connectivity index (χ2v) is 6.13. The van der Waals surface area contributed by atoms with Gasteiger partial charge in [0.1, 0.15) is 0 Å². The number of furan rings is 1. The van der Waals surface area contributed by atoms with Crippen molar-refractivity contribution in [1.29, 1.82) is 0 Å². The summed E-state index contributed by atoms with van der Waals surface area (Å²) < 4.78 is 5.61. The molecule has 1 aliphatic heterocycles. The van der Waals surface area contributed by atoms with E-state index >= 15 is 0 Å². The van der Waals surface area contributed by atoms with Gasteiger partial charge in [-0.3, -0.25) is 14.4 Å². The topological polar surface area (TPSA) is 91.1 Å². The summed E-state index contributed by atoms with van der Waals surface area (Å²) in [7, 11) is 1.51. The van der Waals surface area contributed by atoms with Gasteiger partial charge >= 0.3 is 5.97 Å². The summed E-state index contributed by atoms with van der Waals surface area (Å²) in [5, 5.41) is 9.04. The summed E-state index contributed by atoms with van der Waals surface area (Å²) in [5.41, 5.74) is 0. The third kappa shape index (κ3) is 3.68. The maximum absolute atomic E-state index is 12.2. The van der Waals surface area contributed by atoms with E-state index in [0.717, 1.165) is 0 Å². The van der Waals surface area contributed by atoms with E-state index in [1.807, 2.05) is 0 Å². The molecule has 1 aliphatic rings. The van der Waals surface area contributed by atoms with E-state index in [4.69, 9.17) is 9.52 Å². The van der Waals surface area contributed by atoms with Crippen molar-refractivity contribution in [2.24, 2.45) is 5.92 Å². The molecule has 1 N–H and O–H groups in total. The Bertz CT molecular complexity index is 586. The molecule has 0 bridgehead atoms. The van der Waals surface area contributed by atoms with Gasteiger partial charge in [0, 0.05) is 20.1 Å². The van der Waals surface area contributed by atoms with Gasteiger partial charge in [-0.15, -0.1) is 0 Å². The minimum Gasteiger partial charge on any atom is -0.481 e. The first-order valence-electron chi connectivity index (χ1n) is 6.89. The molecule has 1 atom stereocenters. The van der Waals surface area contributed by atoms with Gasteiger partial charge in [-0.05, 0) is 34.8 Å². The predicted octanol–water partition coefficient (Wildman–Crippen LogP) is 1.44. The predicted molar refractivity (Wildman–Crippen MR) is 80.3 cm³/mol. The Morgan fingerprint density at radius 3 is 2.82 bits per heavy atom. The average Bonchev–Trinajstić information content (AvgIpc) is 2.92. The number of carboxylic acid groups (broad SMARTS) is 1. The van der Waals surface area contributed by atoms with Gasteiger partial charge in [0.2, 0.25) is 11.7 Å². The summed E-state index contributed by atoms with van der Waals surface area (Å²) in [6, 6.07) is 1.60. The number of halogens is 1. The van der Waals surface area contributed by atoms with Crippen LogP contribution in [0.4, 0.5) is 0 Å². The Labute approximate surface area is 136 Å². The van der Waals surface area contributed by atoms with Crippen LogP contribution in [-0.2, 0) is 9.59 Å². The fourth-order valence-electron chi connectivity index (χ4n) is 2.40. The lowest BCUT2D eigenvalue weighted by Crippen LogP contribution is -2.46. The number of piperidine rings is 1. The van der Waals surface area contributed by atoms with Crippen molar-refractivity contribution in [1.82, 2.24) is 9.80 Å². The van der Waals surface area contributed by atoms with Crippen molar-refractivity contribution in [3.8, 4) is 0 Å². The van der Waals surface area contributed by atoms with Gasteiger partial charge in [-0.1, -0.05) is 0 Å². The van der Waals surface area contributed by atoms with Crippen LogP contribution in [-0.4, -0.2) is 59.4 Å². The van der Waals surface area contributed by atoms with E-state index in [-0.39, 0.29) is 24.8 Å². The Balaban J connectivity index is 1.95. The SMILES string of the molecule is CN(CC(=O)N1CCCC(C(=O)O)C1)C(=O)c1occc1Br. The largest absolute Gasteiger partial charge is 0.481 e. The number of carboxylic acids is 1. The Morgan fingerprint density at radius 2 is 2.23 bits per heavy atom. The van der Waals surface area contributed by atoms with Crippen LogP contribution in [0.25, 0.3) is 0 Å². The minimum atomic E-state index is -0.888. The van der Waals surface area contributed by atoms with E-state index in [0.29, 0.717) is 23.9 Å². The first-order chi connectivity index (χ1) is 10.4. The van der Waals surface area contributed by atoms with Gasteiger partial charge < -0.3 is 19.3 Å². The summed E-state index contributed by atoms with van der Waals surface area (Å²) in [6.07, 6.45) is 2.62. The molecule has 1 unspecified atom stereocenters. The molecule has 22 heavy (non-hydrogen) atoms. The summed E-state index contributed by atoms with van der Waals surface area (Å²) in [6.45, 7) is 0.605. The summed E-state index contributed by atoms with van der Waals surface area (Å²) in [5.74, 6) is -1.95. The van der Waals surface area contributed by atoms with Gasteiger partial charge in [0.25, 0.3) is 5.91 Å². The van der Waals surface area contributed by atoms with Gasteiger partial charge in [-0.25, -0.2) is 0 Å². The van der Waals surface area contributed by atoms with Crippen LogP contribution >= 0.6 is 15.9 Å². The zero-order valence-corrected chi connectivity index (χ0v) is 13.7. The molecule has 0 saturated carbocycles. The number of carbonyl (C=O) groups is 3. The van der Waals surface area contributed by atoms with Crippen molar-refractivity contribution >= 4 is 33.7 Å². The molecule has 8 heteroatoms. The van der Waals surface area contributed by atoms with Crippen molar-refractivity contribution in [3.63, 3.8) is 0 Å². The maximum Gasteiger partial charge on any atom is 0.308 e. The number of likely N-dealkylation sites (tertiary alicyclic amines) is 1. The van der Waals surface area contributed by atoms with E-state index < -0.39 is 17.8 Å². The maximum atomic E-state index is 12.2. The van der Waals surface area contributed by atoms with Crippen molar-refractivity contribution < 1.29 is 23.9 Å². The Hall–Kier alpha value is -1.83. The number of hydrogen-bond acceptors (Lipinski definition) is 4. The van der Waals surface area contributed by atoms with E-state index in [9.17, 15) is 14.4 Å². The van der Waals surface area contributed by atoms with Crippen LogP contribution in [0.5, 0.6) is 0 Å². The molecule has 0 spiro atoms. The molecule has 0 aliphatic carbocycles. The van der Waals surface area contributed by atoms with Gasteiger partial charge in [-0.2, -0.15) is 0 Å². The quantitative estimate of drug-likeness (QED) is 0.863. The number of carbonyl (C=O) groups excluding carboxylic acids is 2. The average molecular weight is 373 g/mol. The molecule has 1 aromatic rings. The third-order valence-corrected chi connectivity index (χ3v) is 4.28. The number of nitrogens with zero attached hydrogens (tertiary/aromatic N) is 2. The van der Waals surface area contributed by atoms with Crippen LogP contribution < -0.4 is 0 Å². The molecule has 120 valence electrons. The lowest BCUT2D eigenvalue weighted by molar-refractivity contribution is -0.145. The standard InChI is InChI=1S/C14H17BrN2O5/c1-16(13(19)12-10(15)4-6-22-12)8-11(18)17-5-2-3-9(7-17)14(20)21/h4,6,9H,2-3,5,7-8H2,1H3,(H,20,21). The fraction of sp³-hybridized carbons (Fsp3) is 0.500. The first kappa shape index (κ1) is 16.5. The third-order valence-electron chi connectivity index (χ3n) is 3.65. The number of hydrogen-bond donors (Lipinski definition) is 1. The molecule has 1 fully saturated rings. The first-order valence-corrected chi connectivity index (χ1v) is 7.68. The lowest BCUT2D eigenvalue weighted by atomic mass is 9.98. The van der Waals surface area contributed by atoms with Gasteiger partial charge in [0.15, 0.2) is 0 Å². The van der Waals surface area contributed by atoms with Crippen molar-refractivity contribution in [2.45, 2.75) is 12.8 Å². The highest BCUT2D eigenvalue weighted by Crippen LogP contribution is 2.20. The van der Waals surface area contributed by atoms with Crippen molar-refractivity contribution in [3.05, 3.63) is 22.6 Å². The number of aliphatic carboxylic acids is 1. The molecular formula is C14H17BrN2O5. The smallest absolute Gasteiger partial charge is 0.308 e. The number of likely N-dealkylation sites (N-methyl/N-ethyl adjacent to an activating group) is 1. The van der Waals surface area contributed by atoms with Crippen molar-refractivity contribution in [2.75, 3.05) is 26.7 Å². The minimum absolute atomic E-state index is 0.113. The lowest BCUT2D eigenvalue weighted by Gasteiger charge is -2.31. The van der Waals surface area contributed by atoms with E-state index in [1.165, 1.54) is 23.1 Å². The molecular weight excluding hydrogens is 356 g/mol. The molecule has 0 aromatic carbocycles. The molecule has 2 heterocycles. The molecule has 0 radical (unpaired) electrons. The molecule has 2 amide bonds. The Kier molecular flexibility index (Phi) is 5.23. The summed E-state index contributed by atoms with van der Waals surface area (Å²) in [4.78, 5) is 38.2. The van der Waals surface area contributed by atoms with Crippen LogP contribution in [0, 0.1) is 5.92 Å². The monoisotopic (exact) mass is 372 g/mol. The van der Waals surface area contributed by atoms with Crippen LogP contribution in [0.15, 0.2) is 21.2 Å². The highest BCUT2D eigenvalue weighted by atomic mass is 79.9. The number of amides is 2. The fourth-order valence-corrected chi connectivity index (χ4v) is 2.77. The van der Waals surface area contributed by atoms with E-state index in [2.05, 4.69) is 15.9 Å². The highest BCUT2D eigenvalue weighted by Gasteiger charge is 2.29. The van der Waals surface area contributed by atoms with Crippen LogP contribution in [0.1, 0.15) is 23.4 Å². The number of rotatable bonds is 4. The molecule has 1 saturated heterocycles. The summed E-state index contributed by atoms with van der Waals surface area (Å²) >= 11 is 3.20. The second kappa shape index (κ2) is 6.95. The molecule has 1 aromatic heterocycles. The van der Waals surface area contributed by atoms with Gasteiger partial charge in [0.05, 0.1) is 23.2 Å². The highest BCUT2D eigenvalue weighted by molar-refractivity contribution is 9.10. The zero-order valence-electron chi connectivity index (χ0n) is 12.1.